The summed E-state index contributed by atoms with van der Waals surface area (Å²) < 4.78 is 0. The summed E-state index contributed by atoms with van der Waals surface area (Å²) in [6.07, 6.45) is 3.43. The molecule has 2 rings (SSSR count). The summed E-state index contributed by atoms with van der Waals surface area (Å²) in [5.74, 6) is -1.14. The molecule has 2 aromatic rings. The molecule has 0 spiro atoms. The quantitative estimate of drug-likeness (QED) is 0.733. The number of nitrogens with one attached hydrogen (secondary N) is 3. The first kappa shape index (κ1) is 15.1. The smallest absolute Gasteiger partial charge is 0.309 e. The topological polar surface area (TPSA) is 74.0 Å². The van der Waals surface area contributed by atoms with E-state index < -0.39 is 11.8 Å². The van der Waals surface area contributed by atoms with Crippen molar-refractivity contribution in [2.45, 2.75) is 32.7 Å². The van der Waals surface area contributed by atoms with Gasteiger partial charge in [-0.2, -0.15) is 0 Å². The van der Waals surface area contributed by atoms with Crippen LogP contribution in [0.15, 0.2) is 30.5 Å². The van der Waals surface area contributed by atoms with Gasteiger partial charge in [0.2, 0.25) is 0 Å². The Balaban J connectivity index is 1.84. The molecule has 0 radical (unpaired) electrons. The first-order chi connectivity index (χ1) is 10.1. The van der Waals surface area contributed by atoms with E-state index in [0.717, 1.165) is 22.9 Å². The number of rotatable bonds is 5. The van der Waals surface area contributed by atoms with E-state index in [-0.39, 0.29) is 6.04 Å². The molecule has 21 heavy (non-hydrogen) atoms. The standard InChI is InChI=1S/C16H21N3O2/c1-3-11(2)19-16(21)15(20)17-9-8-12-10-18-14-7-5-4-6-13(12)14/h4-7,10-11,18H,3,8-9H2,1-2H3,(H,17,20)(H,19,21). The van der Waals surface area contributed by atoms with E-state index in [1.54, 1.807) is 0 Å². The van der Waals surface area contributed by atoms with Crippen molar-refractivity contribution in [3.8, 4) is 0 Å². The Kier molecular flexibility index (Phi) is 4.98. The Morgan fingerprint density at radius 2 is 2.00 bits per heavy atom. The molecule has 0 bridgehead atoms. The molecular weight excluding hydrogens is 266 g/mol. The number of benzene rings is 1. The number of hydrogen-bond donors (Lipinski definition) is 3. The van der Waals surface area contributed by atoms with Gasteiger partial charge < -0.3 is 15.6 Å². The van der Waals surface area contributed by atoms with E-state index in [1.165, 1.54) is 0 Å². The van der Waals surface area contributed by atoms with Gasteiger partial charge in [-0.15, -0.1) is 0 Å². The summed E-state index contributed by atoms with van der Waals surface area (Å²) in [4.78, 5) is 26.4. The van der Waals surface area contributed by atoms with Crippen LogP contribution in [0.4, 0.5) is 0 Å². The van der Waals surface area contributed by atoms with Gasteiger partial charge in [0, 0.05) is 29.7 Å². The molecule has 0 aliphatic carbocycles. The third-order valence-electron chi connectivity index (χ3n) is 3.55. The van der Waals surface area contributed by atoms with Gasteiger partial charge in [-0.05, 0) is 31.4 Å². The summed E-state index contributed by atoms with van der Waals surface area (Å²) in [5.41, 5.74) is 2.21. The van der Waals surface area contributed by atoms with Crippen LogP contribution in [0.1, 0.15) is 25.8 Å². The molecule has 5 nitrogen and oxygen atoms in total. The molecule has 1 heterocycles. The highest BCUT2D eigenvalue weighted by Crippen LogP contribution is 2.17. The van der Waals surface area contributed by atoms with Crippen LogP contribution in [0.3, 0.4) is 0 Å². The highest BCUT2D eigenvalue weighted by molar-refractivity contribution is 6.35. The van der Waals surface area contributed by atoms with Gasteiger partial charge in [0.15, 0.2) is 0 Å². The van der Waals surface area contributed by atoms with E-state index >= 15 is 0 Å². The molecule has 0 aliphatic heterocycles. The van der Waals surface area contributed by atoms with E-state index in [1.807, 2.05) is 44.3 Å². The summed E-state index contributed by atoms with van der Waals surface area (Å²) >= 11 is 0. The largest absolute Gasteiger partial charge is 0.361 e. The second-order valence-corrected chi connectivity index (χ2v) is 5.15. The van der Waals surface area contributed by atoms with Crippen LogP contribution >= 0.6 is 0 Å². The molecular formula is C16H21N3O2. The second-order valence-electron chi connectivity index (χ2n) is 5.15. The summed E-state index contributed by atoms with van der Waals surface area (Å²) in [5, 5.41) is 6.44. The number of hydrogen-bond acceptors (Lipinski definition) is 2. The number of aromatic amines is 1. The fraction of sp³-hybridized carbons (Fsp3) is 0.375. The van der Waals surface area contributed by atoms with Crippen molar-refractivity contribution < 1.29 is 9.59 Å². The van der Waals surface area contributed by atoms with Gasteiger partial charge in [0.1, 0.15) is 0 Å². The predicted molar refractivity (Wildman–Crippen MR) is 82.9 cm³/mol. The van der Waals surface area contributed by atoms with Crippen LogP contribution in [-0.4, -0.2) is 29.4 Å². The lowest BCUT2D eigenvalue weighted by Crippen LogP contribution is -2.43. The fourth-order valence-corrected chi connectivity index (χ4v) is 2.12. The predicted octanol–water partition coefficient (Wildman–Crippen LogP) is 1.74. The lowest BCUT2D eigenvalue weighted by atomic mass is 10.1. The van der Waals surface area contributed by atoms with Crippen LogP contribution in [0.2, 0.25) is 0 Å². The maximum Gasteiger partial charge on any atom is 0.309 e. The normalized spacial score (nSPS) is 12.1. The zero-order valence-corrected chi connectivity index (χ0v) is 12.4. The number of carbonyl (C=O) groups is 2. The van der Waals surface area contributed by atoms with E-state index in [2.05, 4.69) is 15.6 Å². The van der Waals surface area contributed by atoms with Crippen molar-refractivity contribution in [2.24, 2.45) is 0 Å². The Morgan fingerprint density at radius 1 is 1.24 bits per heavy atom. The molecule has 0 saturated carbocycles. The zero-order valence-electron chi connectivity index (χ0n) is 12.4. The lowest BCUT2D eigenvalue weighted by molar-refractivity contribution is -0.139. The third kappa shape index (κ3) is 3.84. The minimum absolute atomic E-state index is 0.0110. The van der Waals surface area contributed by atoms with Crippen LogP contribution < -0.4 is 10.6 Å². The van der Waals surface area contributed by atoms with Gasteiger partial charge in [-0.25, -0.2) is 0 Å². The van der Waals surface area contributed by atoms with Crippen LogP contribution in [-0.2, 0) is 16.0 Å². The molecule has 2 amide bonds. The Hall–Kier alpha value is -2.30. The fourth-order valence-electron chi connectivity index (χ4n) is 2.12. The first-order valence-electron chi connectivity index (χ1n) is 7.25. The third-order valence-corrected chi connectivity index (χ3v) is 3.55. The zero-order chi connectivity index (χ0) is 15.2. The van der Waals surface area contributed by atoms with Crippen molar-refractivity contribution in [1.82, 2.24) is 15.6 Å². The number of H-pyrrole nitrogens is 1. The number of amides is 2. The van der Waals surface area contributed by atoms with E-state index in [4.69, 9.17) is 0 Å². The minimum Gasteiger partial charge on any atom is -0.361 e. The molecule has 1 aromatic carbocycles. The highest BCUT2D eigenvalue weighted by Gasteiger charge is 2.14. The molecule has 0 saturated heterocycles. The average molecular weight is 287 g/mol. The second kappa shape index (κ2) is 6.92. The van der Waals surface area contributed by atoms with Crippen molar-refractivity contribution in [1.29, 1.82) is 0 Å². The summed E-state index contributed by atoms with van der Waals surface area (Å²) in [7, 11) is 0. The van der Waals surface area contributed by atoms with Gasteiger partial charge in [0.25, 0.3) is 0 Å². The molecule has 5 heteroatoms. The van der Waals surface area contributed by atoms with Crippen LogP contribution in [0.5, 0.6) is 0 Å². The molecule has 1 unspecified atom stereocenters. The van der Waals surface area contributed by atoms with E-state index in [9.17, 15) is 9.59 Å². The number of carbonyl (C=O) groups excluding carboxylic acids is 2. The first-order valence-corrected chi connectivity index (χ1v) is 7.25. The van der Waals surface area contributed by atoms with Gasteiger partial charge in [-0.3, -0.25) is 9.59 Å². The monoisotopic (exact) mass is 287 g/mol. The highest BCUT2D eigenvalue weighted by atomic mass is 16.2. The molecule has 3 N–H and O–H groups in total. The maximum atomic E-state index is 11.7. The SMILES string of the molecule is CCC(C)NC(=O)C(=O)NCCc1c[nH]c2ccccc12. The Labute approximate surface area is 124 Å². The number of para-hydroxylation sites is 1. The van der Waals surface area contributed by atoms with Gasteiger partial charge in [-0.1, -0.05) is 25.1 Å². The van der Waals surface area contributed by atoms with Gasteiger partial charge in [0.05, 0.1) is 0 Å². The van der Waals surface area contributed by atoms with Crippen LogP contribution in [0.25, 0.3) is 10.9 Å². The molecule has 0 fully saturated rings. The van der Waals surface area contributed by atoms with Crippen molar-refractivity contribution in [3.63, 3.8) is 0 Å². The van der Waals surface area contributed by atoms with Crippen molar-refractivity contribution in [2.75, 3.05) is 6.54 Å². The van der Waals surface area contributed by atoms with Crippen molar-refractivity contribution in [3.05, 3.63) is 36.0 Å². The average Bonchev–Trinajstić information content (AvgIpc) is 2.90. The van der Waals surface area contributed by atoms with Gasteiger partial charge >= 0.3 is 11.8 Å². The number of fused-ring (bicyclic) bond motifs is 1. The summed E-state index contributed by atoms with van der Waals surface area (Å²) in [6, 6.07) is 8.02. The summed E-state index contributed by atoms with van der Waals surface area (Å²) in [6.45, 7) is 4.27. The molecule has 1 aromatic heterocycles. The molecule has 0 aliphatic rings. The Bertz CT molecular complexity index is 633. The lowest BCUT2D eigenvalue weighted by Gasteiger charge is -2.11. The van der Waals surface area contributed by atoms with Crippen molar-refractivity contribution >= 4 is 22.7 Å². The van der Waals surface area contributed by atoms with Crippen LogP contribution in [0, 0.1) is 0 Å². The number of aromatic nitrogens is 1. The maximum absolute atomic E-state index is 11.7. The van der Waals surface area contributed by atoms with E-state index in [0.29, 0.717) is 13.0 Å². The molecule has 1 atom stereocenters. The molecule has 112 valence electrons. The Morgan fingerprint density at radius 3 is 2.76 bits per heavy atom. The minimum atomic E-state index is -0.574.